The monoisotopic (exact) mass is 164 g/mol. The van der Waals surface area contributed by atoms with E-state index in [1.807, 2.05) is 0 Å². The van der Waals surface area contributed by atoms with E-state index in [4.69, 9.17) is 4.42 Å². The Kier molecular flexibility index (Phi) is 1.57. The first-order chi connectivity index (χ1) is 5.77. The molecule has 0 atom stereocenters. The van der Waals surface area contributed by atoms with Crippen molar-refractivity contribution in [3.05, 3.63) is 33.9 Å². The highest BCUT2D eigenvalue weighted by Crippen LogP contribution is 2.18. The summed E-state index contributed by atoms with van der Waals surface area (Å²) in [5.41, 5.74) is 0.426. The zero-order valence-corrected chi connectivity index (χ0v) is 6.50. The molecular formula is C9H8O3. The van der Waals surface area contributed by atoms with Gasteiger partial charge < -0.3 is 4.42 Å². The van der Waals surface area contributed by atoms with E-state index in [1.54, 1.807) is 6.07 Å². The number of fused-ring (bicyclic) bond motifs is 1. The third-order valence-corrected chi connectivity index (χ3v) is 2.02. The van der Waals surface area contributed by atoms with Gasteiger partial charge in [-0.3, -0.25) is 4.79 Å². The Morgan fingerprint density at radius 3 is 2.83 bits per heavy atom. The fraction of sp³-hybridized carbons (Fsp3) is 0.333. The van der Waals surface area contributed by atoms with Crippen LogP contribution < -0.4 is 5.63 Å². The zero-order valence-electron chi connectivity index (χ0n) is 6.50. The van der Waals surface area contributed by atoms with E-state index in [9.17, 15) is 9.59 Å². The van der Waals surface area contributed by atoms with E-state index in [-0.39, 0.29) is 11.5 Å². The molecule has 0 radical (unpaired) electrons. The lowest BCUT2D eigenvalue weighted by Gasteiger charge is -2.10. The van der Waals surface area contributed by atoms with Gasteiger partial charge in [-0.1, -0.05) is 0 Å². The number of rotatable bonds is 0. The molecule has 0 aliphatic heterocycles. The SMILES string of the molecule is O=C1CCCc2ccc(=O)oc21. The maximum absolute atomic E-state index is 11.2. The van der Waals surface area contributed by atoms with Gasteiger partial charge in [0.05, 0.1) is 0 Å². The van der Waals surface area contributed by atoms with E-state index in [1.165, 1.54) is 6.07 Å². The third kappa shape index (κ3) is 1.07. The molecule has 0 N–H and O–H groups in total. The fourth-order valence-electron chi connectivity index (χ4n) is 1.43. The largest absolute Gasteiger partial charge is 0.419 e. The molecule has 62 valence electrons. The van der Waals surface area contributed by atoms with Crippen molar-refractivity contribution in [3.63, 3.8) is 0 Å². The molecule has 0 amide bonds. The topological polar surface area (TPSA) is 47.3 Å². The normalized spacial score (nSPS) is 15.8. The van der Waals surface area contributed by atoms with Crippen LogP contribution in [0, 0.1) is 0 Å². The molecule has 0 bridgehead atoms. The number of hydrogen-bond donors (Lipinski definition) is 0. The molecule has 0 unspecified atom stereocenters. The van der Waals surface area contributed by atoms with Gasteiger partial charge >= 0.3 is 5.63 Å². The summed E-state index contributed by atoms with van der Waals surface area (Å²) in [6.45, 7) is 0. The minimum Gasteiger partial charge on any atom is -0.419 e. The van der Waals surface area contributed by atoms with Crippen LogP contribution in [0.25, 0.3) is 0 Å². The lowest BCUT2D eigenvalue weighted by molar-refractivity contribution is 0.0937. The van der Waals surface area contributed by atoms with E-state index >= 15 is 0 Å². The summed E-state index contributed by atoms with van der Waals surface area (Å²) in [5.74, 6) is 0.225. The molecule has 1 aromatic heterocycles. The average Bonchev–Trinajstić information content (AvgIpc) is 2.07. The second-order valence-corrected chi connectivity index (χ2v) is 2.89. The maximum atomic E-state index is 11.2. The molecule has 1 heterocycles. The molecule has 0 spiro atoms. The molecule has 1 aromatic rings. The molecule has 0 saturated heterocycles. The van der Waals surface area contributed by atoms with E-state index in [0.717, 1.165) is 18.4 Å². The van der Waals surface area contributed by atoms with Crippen LogP contribution in [0.2, 0.25) is 0 Å². The Balaban J connectivity index is 2.61. The van der Waals surface area contributed by atoms with Crippen LogP contribution in [0.4, 0.5) is 0 Å². The van der Waals surface area contributed by atoms with Gasteiger partial charge in [-0.25, -0.2) is 4.79 Å². The summed E-state index contributed by atoms with van der Waals surface area (Å²) < 4.78 is 4.81. The van der Waals surface area contributed by atoms with Gasteiger partial charge in [0.2, 0.25) is 0 Å². The van der Waals surface area contributed by atoms with Crippen molar-refractivity contribution in [2.45, 2.75) is 19.3 Å². The van der Waals surface area contributed by atoms with Gasteiger partial charge in [0.25, 0.3) is 0 Å². The van der Waals surface area contributed by atoms with Crippen molar-refractivity contribution in [1.82, 2.24) is 0 Å². The van der Waals surface area contributed by atoms with Gasteiger partial charge in [0.15, 0.2) is 11.5 Å². The summed E-state index contributed by atoms with van der Waals surface area (Å²) in [5, 5.41) is 0. The van der Waals surface area contributed by atoms with E-state index < -0.39 is 5.63 Å². The lowest BCUT2D eigenvalue weighted by atomic mass is 9.96. The Morgan fingerprint density at radius 2 is 2.00 bits per heavy atom. The van der Waals surface area contributed by atoms with E-state index in [2.05, 4.69) is 0 Å². The Hall–Kier alpha value is -1.38. The maximum Gasteiger partial charge on any atom is 0.336 e. The molecule has 0 saturated carbocycles. The molecule has 1 aliphatic rings. The summed E-state index contributed by atoms with van der Waals surface area (Å²) >= 11 is 0. The fourth-order valence-corrected chi connectivity index (χ4v) is 1.43. The molecule has 1 aliphatic carbocycles. The standard InChI is InChI=1S/C9H8O3/c10-7-3-1-2-6-4-5-8(11)12-9(6)7/h4-5H,1-3H2. The van der Waals surface area contributed by atoms with Gasteiger partial charge in [0, 0.05) is 12.5 Å². The Morgan fingerprint density at radius 1 is 1.17 bits per heavy atom. The quantitative estimate of drug-likeness (QED) is 0.578. The number of aryl methyl sites for hydroxylation is 1. The van der Waals surface area contributed by atoms with E-state index in [0.29, 0.717) is 6.42 Å². The van der Waals surface area contributed by atoms with Crippen LogP contribution in [-0.2, 0) is 6.42 Å². The van der Waals surface area contributed by atoms with Crippen molar-refractivity contribution < 1.29 is 9.21 Å². The smallest absolute Gasteiger partial charge is 0.336 e. The van der Waals surface area contributed by atoms with Gasteiger partial charge in [-0.05, 0) is 24.5 Å². The van der Waals surface area contributed by atoms with Crippen LogP contribution >= 0.6 is 0 Å². The predicted molar refractivity (Wildman–Crippen MR) is 42.2 cm³/mol. The van der Waals surface area contributed by atoms with Crippen molar-refractivity contribution in [2.75, 3.05) is 0 Å². The van der Waals surface area contributed by atoms with Crippen molar-refractivity contribution >= 4 is 5.78 Å². The van der Waals surface area contributed by atoms with Crippen LogP contribution in [-0.4, -0.2) is 5.78 Å². The Labute approximate surface area is 69.0 Å². The number of hydrogen-bond acceptors (Lipinski definition) is 3. The summed E-state index contributed by atoms with van der Waals surface area (Å²) in [4.78, 5) is 22.0. The number of carbonyl (C=O) groups excluding carboxylic acids is 1. The van der Waals surface area contributed by atoms with Crippen LogP contribution in [0.3, 0.4) is 0 Å². The lowest BCUT2D eigenvalue weighted by Crippen LogP contribution is -2.14. The molecular weight excluding hydrogens is 156 g/mol. The van der Waals surface area contributed by atoms with Crippen molar-refractivity contribution in [1.29, 1.82) is 0 Å². The summed E-state index contributed by atoms with van der Waals surface area (Å²) in [7, 11) is 0. The van der Waals surface area contributed by atoms with Crippen molar-refractivity contribution in [2.24, 2.45) is 0 Å². The average molecular weight is 164 g/mol. The predicted octanol–water partition coefficient (Wildman–Crippen LogP) is 1.16. The second-order valence-electron chi connectivity index (χ2n) is 2.89. The minimum absolute atomic E-state index is 0.0473. The molecule has 2 rings (SSSR count). The summed E-state index contributed by atoms with van der Waals surface area (Å²) in [6.07, 6.45) is 2.20. The molecule has 0 aromatic carbocycles. The number of carbonyl (C=O) groups is 1. The second kappa shape index (κ2) is 2.59. The third-order valence-electron chi connectivity index (χ3n) is 2.02. The number of ketones is 1. The molecule has 12 heavy (non-hydrogen) atoms. The zero-order chi connectivity index (χ0) is 8.55. The summed E-state index contributed by atoms with van der Waals surface area (Å²) in [6, 6.07) is 3.04. The highest BCUT2D eigenvalue weighted by Gasteiger charge is 2.19. The molecule has 3 nitrogen and oxygen atoms in total. The molecule has 0 fully saturated rings. The van der Waals surface area contributed by atoms with Gasteiger partial charge in [0.1, 0.15) is 0 Å². The minimum atomic E-state index is -0.441. The first-order valence-electron chi connectivity index (χ1n) is 3.93. The molecule has 3 heteroatoms. The highest BCUT2D eigenvalue weighted by molar-refractivity contribution is 5.95. The van der Waals surface area contributed by atoms with Crippen molar-refractivity contribution in [3.8, 4) is 0 Å². The first kappa shape index (κ1) is 7.28. The highest BCUT2D eigenvalue weighted by atomic mass is 16.4. The first-order valence-corrected chi connectivity index (χ1v) is 3.93. The van der Waals surface area contributed by atoms with Gasteiger partial charge in [-0.15, -0.1) is 0 Å². The van der Waals surface area contributed by atoms with Crippen LogP contribution in [0.1, 0.15) is 29.0 Å². The Bertz CT molecular complexity index is 376. The number of Topliss-reactive ketones (excluding diaryl/α,β-unsaturated/α-hetero) is 1. The van der Waals surface area contributed by atoms with Gasteiger partial charge in [-0.2, -0.15) is 0 Å². The van der Waals surface area contributed by atoms with Crippen LogP contribution in [0.15, 0.2) is 21.3 Å². The van der Waals surface area contributed by atoms with Crippen LogP contribution in [0.5, 0.6) is 0 Å².